The fourth-order valence-electron chi connectivity index (χ4n) is 1.97. The molecule has 0 saturated carbocycles. The number of pyridine rings is 1. The van der Waals surface area contributed by atoms with E-state index in [1.165, 1.54) is 22.9 Å². The molecule has 126 valence electrons. The second-order valence-corrected chi connectivity index (χ2v) is 5.37. The summed E-state index contributed by atoms with van der Waals surface area (Å²) in [6.45, 7) is 0.174. The standard InChI is InChI=1S/C17H10ClF2N3O2/c18-13-5-3-11(4-6-13)2-1-8-23-9-7-12(10-14(23)24)16-21-22-17(25-16)15(19)20/h3-7,9-10,15H,8H2. The molecule has 0 bridgehead atoms. The molecule has 0 aliphatic carbocycles. The van der Waals surface area contributed by atoms with Gasteiger partial charge in [-0.3, -0.25) is 4.79 Å². The average Bonchev–Trinajstić information content (AvgIpc) is 3.08. The molecular formula is C17H10ClF2N3O2. The van der Waals surface area contributed by atoms with E-state index in [9.17, 15) is 13.6 Å². The van der Waals surface area contributed by atoms with Gasteiger partial charge in [0, 0.05) is 28.4 Å². The summed E-state index contributed by atoms with van der Waals surface area (Å²) in [4.78, 5) is 12.1. The van der Waals surface area contributed by atoms with E-state index in [1.807, 2.05) is 0 Å². The van der Waals surface area contributed by atoms with Crippen molar-refractivity contribution in [3.63, 3.8) is 0 Å². The molecule has 2 heterocycles. The van der Waals surface area contributed by atoms with Gasteiger partial charge in [-0.2, -0.15) is 8.78 Å². The van der Waals surface area contributed by atoms with Crippen LogP contribution in [0.1, 0.15) is 17.9 Å². The molecule has 0 saturated heterocycles. The van der Waals surface area contributed by atoms with Crippen molar-refractivity contribution < 1.29 is 13.2 Å². The third kappa shape index (κ3) is 4.11. The SMILES string of the molecule is O=c1cc(-c2nnc(C(F)F)o2)ccn1CC#Cc1ccc(Cl)cc1. The van der Waals surface area contributed by atoms with Crippen LogP contribution in [0.2, 0.25) is 5.02 Å². The van der Waals surface area contributed by atoms with Crippen molar-refractivity contribution >= 4 is 11.6 Å². The van der Waals surface area contributed by atoms with Crippen molar-refractivity contribution in [2.24, 2.45) is 0 Å². The highest BCUT2D eigenvalue weighted by atomic mass is 35.5. The summed E-state index contributed by atoms with van der Waals surface area (Å²) < 4.78 is 31.1. The van der Waals surface area contributed by atoms with Crippen LogP contribution in [0.15, 0.2) is 51.8 Å². The number of benzene rings is 1. The highest BCUT2D eigenvalue weighted by Crippen LogP contribution is 2.22. The number of halogens is 3. The van der Waals surface area contributed by atoms with Crippen LogP contribution in [0.3, 0.4) is 0 Å². The van der Waals surface area contributed by atoms with Crippen LogP contribution in [0.25, 0.3) is 11.5 Å². The normalized spacial score (nSPS) is 10.6. The van der Waals surface area contributed by atoms with E-state index in [2.05, 4.69) is 22.0 Å². The molecule has 0 radical (unpaired) electrons. The highest BCUT2D eigenvalue weighted by molar-refractivity contribution is 6.30. The molecule has 0 amide bonds. The van der Waals surface area contributed by atoms with E-state index in [-0.39, 0.29) is 23.6 Å². The van der Waals surface area contributed by atoms with Gasteiger partial charge in [0.05, 0.1) is 6.54 Å². The monoisotopic (exact) mass is 361 g/mol. The number of rotatable bonds is 3. The minimum atomic E-state index is -2.86. The zero-order valence-electron chi connectivity index (χ0n) is 12.6. The lowest BCUT2D eigenvalue weighted by molar-refractivity contribution is 0.116. The molecular weight excluding hydrogens is 352 g/mol. The van der Waals surface area contributed by atoms with Crippen molar-refractivity contribution in [3.8, 4) is 23.3 Å². The molecule has 0 spiro atoms. The van der Waals surface area contributed by atoms with Crippen molar-refractivity contribution in [1.29, 1.82) is 0 Å². The Hall–Kier alpha value is -2.98. The molecule has 8 heteroatoms. The lowest BCUT2D eigenvalue weighted by atomic mass is 10.2. The Labute approximate surface area is 145 Å². The Morgan fingerprint density at radius 1 is 1.20 bits per heavy atom. The Bertz CT molecular complexity index is 1000. The van der Waals surface area contributed by atoms with Gasteiger partial charge >= 0.3 is 6.43 Å². The number of aromatic nitrogens is 3. The van der Waals surface area contributed by atoms with E-state index in [1.54, 1.807) is 24.3 Å². The molecule has 0 fully saturated rings. The number of alkyl halides is 2. The molecule has 0 unspecified atom stereocenters. The minimum absolute atomic E-state index is 0.133. The van der Waals surface area contributed by atoms with Gasteiger partial charge in [-0.1, -0.05) is 23.4 Å². The predicted molar refractivity (Wildman–Crippen MR) is 87.3 cm³/mol. The van der Waals surface area contributed by atoms with Crippen LogP contribution >= 0.6 is 11.6 Å². The van der Waals surface area contributed by atoms with Gasteiger partial charge in [0.1, 0.15) is 0 Å². The third-order valence-corrected chi connectivity index (χ3v) is 3.45. The Balaban J connectivity index is 1.76. The summed E-state index contributed by atoms with van der Waals surface area (Å²) in [6, 6.07) is 9.75. The second kappa shape index (κ2) is 7.28. The lowest BCUT2D eigenvalue weighted by Gasteiger charge is -2.01. The summed E-state index contributed by atoms with van der Waals surface area (Å²) in [6.07, 6.45) is -1.37. The third-order valence-electron chi connectivity index (χ3n) is 3.20. The van der Waals surface area contributed by atoms with Gasteiger partial charge in [-0.25, -0.2) is 0 Å². The molecule has 3 aromatic rings. The van der Waals surface area contributed by atoms with E-state index in [0.29, 0.717) is 5.02 Å². The quantitative estimate of drug-likeness (QED) is 0.669. The summed E-state index contributed by atoms with van der Waals surface area (Å²) in [5.74, 6) is 4.88. The van der Waals surface area contributed by atoms with Crippen LogP contribution < -0.4 is 5.56 Å². The van der Waals surface area contributed by atoms with Gasteiger partial charge < -0.3 is 8.98 Å². The molecule has 5 nitrogen and oxygen atoms in total. The maximum Gasteiger partial charge on any atom is 0.314 e. The molecule has 25 heavy (non-hydrogen) atoms. The Morgan fingerprint density at radius 2 is 1.96 bits per heavy atom. The first-order valence-electron chi connectivity index (χ1n) is 7.10. The first kappa shape index (κ1) is 16.9. The van der Waals surface area contributed by atoms with Crippen LogP contribution in [-0.4, -0.2) is 14.8 Å². The lowest BCUT2D eigenvalue weighted by Crippen LogP contribution is -2.17. The van der Waals surface area contributed by atoms with Gasteiger partial charge in [-0.15, -0.1) is 10.2 Å². The largest absolute Gasteiger partial charge is 0.415 e. The van der Waals surface area contributed by atoms with E-state index >= 15 is 0 Å². The molecule has 3 rings (SSSR count). The van der Waals surface area contributed by atoms with Crippen LogP contribution in [0.5, 0.6) is 0 Å². The molecule has 0 aliphatic rings. The number of hydrogen-bond donors (Lipinski definition) is 0. The zero-order chi connectivity index (χ0) is 17.8. The smallest absolute Gasteiger partial charge is 0.314 e. The maximum absolute atomic E-state index is 12.5. The van der Waals surface area contributed by atoms with E-state index in [4.69, 9.17) is 16.0 Å². The maximum atomic E-state index is 12.5. The topological polar surface area (TPSA) is 60.9 Å². The Morgan fingerprint density at radius 3 is 2.60 bits per heavy atom. The van der Waals surface area contributed by atoms with Crippen LogP contribution in [-0.2, 0) is 6.54 Å². The fraction of sp³-hybridized carbons (Fsp3) is 0.118. The van der Waals surface area contributed by atoms with Gasteiger partial charge in [0.25, 0.3) is 11.4 Å². The highest BCUT2D eigenvalue weighted by Gasteiger charge is 2.17. The van der Waals surface area contributed by atoms with Gasteiger partial charge in [-0.05, 0) is 30.3 Å². The summed E-state index contributed by atoms with van der Waals surface area (Å²) >= 11 is 5.79. The summed E-state index contributed by atoms with van der Waals surface area (Å²) in [5, 5.41) is 7.35. The Kier molecular flexibility index (Phi) is 4.91. The van der Waals surface area contributed by atoms with Crippen molar-refractivity contribution in [2.75, 3.05) is 0 Å². The van der Waals surface area contributed by atoms with E-state index < -0.39 is 12.3 Å². The summed E-state index contributed by atoms with van der Waals surface area (Å²) in [7, 11) is 0. The summed E-state index contributed by atoms with van der Waals surface area (Å²) in [5.41, 5.74) is 0.686. The zero-order valence-corrected chi connectivity index (χ0v) is 13.4. The van der Waals surface area contributed by atoms with E-state index in [0.717, 1.165) is 5.56 Å². The van der Waals surface area contributed by atoms with Crippen molar-refractivity contribution in [3.05, 3.63) is 69.4 Å². The first-order chi connectivity index (χ1) is 12.0. The van der Waals surface area contributed by atoms with Crippen LogP contribution in [0.4, 0.5) is 8.78 Å². The van der Waals surface area contributed by atoms with Crippen molar-refractivity contribution in [1.82, 2.24) is 14.8 Å². The van der Waals surface area contributed by atoms with Crippen LogP contribution in [0, 0.1) is 11.8 Å². The first-order valence-corrected chi connectivity index (χ1v) is 7.47. The van der Waals surface area contributed by atoms with Gasteiger partial charge in [0.15, 0.2) is 0 Å². The molecule has 1 aromatic carbocycles. The predicted octanol–water partition coefficient (Wildman–Crippen LogP) is 3.54. The molecule has 0 N–H and O–H groups in total. The molecule has 0 aliphatic heterocycles. The fourth-order valence-corrected chi connectivity index (χ4v) is 2.10. The minimum Gasteiger partial charge on any atom is -0.415 e. The number of hydrogen-bond acceptors (Lipinski definition) is 4. The molecule has 2 aromatic heterocycles. The second-order valence-electron chi connectivity index (χ2n) is 4.94. The number of nitrogens with zero attached hydrogens (tertiary/aromatic N) is 3. The molecule has 0 atom stereocenters. The van der Waals surface area contributed by atoms with Crippen molar-refractivity contribution in [2.45, 2.75) is 13.0 Å². The van der Waals surface area contributed by atoms with Gasteiger partial charge in [0.2, 0.25) is 5.89 Å². The average molecular weight is 362 g/mol.